The lowest BCUT2D eigenvalue weighted by molar-refractivity contribution is 0.174. The summed E-state index contributed by atoms with van der Waals surface area (Å²) in [6.07, 6.45) is 0. The van der Waals surface area contributed by atoms with Crippen LogP contribution in [-0.2, 0) is 6.54 Å². The molecule has 19 heavy (non-hydrogen) atoms. The van der Waals surface area contributed by atoms with E-state index < -0.39 is 0 Å². The summed E-state index contributed by atoms with van der Waals surface area (Å²) in [5.74, 6) is 1.48. The summed E-state index contributed by atoms with van der Waals surface area (Å²) in [5.41, 5.74) is 1.80. The van der Waals surface area contributed by atoms with Crippen molar-refractivity contribution in [2.75, 3.05) is 12.1 Å². The third-order valence-electron chi connectivity index (χ3n) is 2.88. The highest BCUT2D eigenvalue weighted by Gasteiger charge is 2.16. The van der Waals surface area contributed by atoms with E-state index in [0.29, 0.717) is 18.0 Å². The third-order valence-corrected chi connectivity index (χ3v) is 3.55. The molecule has 0 atom stereocenters. The molecule has 2 aromatic rings. The predicted octanol–water partition coefficient (Wildman–Crippen LogP) is 3.34. The lowest BCUT2D eigenvalue weighted by Gasteiger charge is -2.09. The molecule has 0 unspecified atom stereocenters. The maximum absolute atomic E-state index is 9.93. The summed E-state index contributed by atoms with van der Waals surface area (Å²) in [6.45, 7) is 0.741. The number of fused-ring (bicyclic) bond motifs is 1. The summed E-state index contributed by atoms with van der Waals surface area (Å²) in [5, 5.41) is 13.2. The third kappa shape index (κ3) is 2.70. The van der Waals surface area contributed by atoms with E-state index in [1.165, 1.54) is 0 Å². The van der Waals surface area contributed by atoms with Gasteiger partial charge in [-0.3, -0.25) is 0 Å². The van der Waals surface area contributed by atoms with Crippen LogP contribution in [0.2, 0.25) is 0 Å². The number of phenolic OH excluding ortho intramolecular Hbond substituents is 1. The molecule has 2 N–H and O–H groups in total. The highest BCUT2D eigenvalue weighted by molar-refractivity contribution is 14.1. The zero-order valence-electron chi connectivity index (χ0n) is 10.0. The number of hydrogen-bond donors (Lipinski definition) is 2. The Hall–Kier alpha value is -1.63. The summed E-state index contributed by atoms with van der Waals surface area (Å²) >= 11 is 2.26. The Labute approximate surface area is 124 Å². The first-order valence-corrected chi connectivity index (χ1v) is 6.91. The van der Waals surface area contributed by atoms with Crippen LogP contribution < -0.4 is 14.8 Å². The molecule has 0 amide bonds. The van der Waals surface area contributed by atoms with Gasteiger partial charge in [0.1, 0.15) is 5.75 Å². The van der Waals surface area contributed by atoms with Crippen LogP contribution in [0.3, 0.4) is 0 Å². The Morgan fingerprint density at radius 1 is 1.16 bits per heavy atom. The molecule has 2 aromatic carbocycles. The van der Waals surface area contributed by atoms with E-state index in [0.717, 1.165) is 14.8 Å². The van der Waals surface area contributed by atoms with Crippen LogP contribution >= 0.6 is 22.6 Å². The van der Waals surface area contributed by atoms with Gasteiger partial charge in [-0.05, 0) is 46.9 Å². The van der Waals surface area contributed by atoms with Gasteiger partial charge in [0.2, 0.25) is 6.79 Å². The topological polar surface area (TPSA) is 50.7 Å². The largest absolute Gasteiger partial charge is 0.507 e. The summed E-state index contributed by atoms with van der Waals surface area (Å²) in [4.78, 5) is 0. The van der Waals surface area contributed by atoms with Crippen molar-refractivity contribution in [1.29, 1.82) is 0 Å². The number of aromatic hydroxyl groups is 1. The molecular weight excluding hydrogens is 357 g/mol. The number of benzene rings is 2. The Balaban J connectivity index is 1.77. The van der Waals surface area contributed by atoms with Gasteiger partial charge in [0.25, 0.3) is 0 Å². The standard InChI is InChI=1S/C14H12INO3/c15-10-2-1-3-11(5-10)16-7-9-4-13-14(6-12(9)17)19-8-18-13/h1-6,16-17H,7-8H2. The van der Waals surface area contributed by atoms with Crippen LogP contribution in [0.5, 0.6) is 17.2 Å². The molecule has 0 spiro atoms. The molecule has 0 aliphatic carbocycles. The summed E-state index contributed by atoms with van der Waals surface area (Å²) in [6, 6.07) is 11.5. The molecule has 1 aliphatic rings. The smallest absolute Gasteiger partial charge is 0.231 e. The van der Waals surface area contributed by atoms with Crippen LogP contribution in [0.1, 0.15) is 5.56 Å². The molecule has 98 valence electrons. The van der Waals surface area contributed by atoms with E-state index in [1.54, 1.807) is 12.1 Å². The van der Waals surface area contributed by atoms with Gasteiger partial charge < -0.3 is 19.9 Å². The van der Waals surface area contributed by atoms with Crippen molar-refractivity contribution in [3.63, 3.8) is 0 Å². The maximum Gasteiger partial charge on any atom is 0.231 e. The molecule has 0 aromatic heterocycles. The first-order valence-electron chi connectivity index (χ1n) is 5.83. The molecule has 5 heteroatoms. The van der Waals surface area contributed by atoms with E-state index >= 15 is 0 Å². The van der Waals surface area contributed by atoms with Crippen molar-refractivity contribution >= 4 is 28.3 Å². The molecular formula is C14H12INO3. The molecule has 0 radical (unpaired) electrons. The monoisotopic (exact) mass is 369 g/mol. The van der Waals surface area contributed by atoms with Crippen molar-refractivity contribution < 1.29 is 14.6 Å². The number of ether oxygens (including phenoxy) is 2. The number of phenols is 1. The molecule has 4 nitrogen and oxygen atoms in total. The van der Waals surface area contributed by atoms with E-state index in [2.05, 4.69) is 27.9 Å². The van der Waals surface area contributed by atoms with Gasteiger partial charge in [0, 0.05) is 27.4 Å². The second kappa shape index (κ2) is 5.16. The number of rotatable bonds is 3. The minimum atomic E-state index is 0.211. The predicted molar refractivity (Wildman–Crippen MR) is 80.7 cm³/mol. The van der Waals surface area contributed by atoms with Gasteiger partial charge in [0.05, 0.1) is 0 Å². The number of halogens is 1. The van der Waals surface area contributed by atoms with Crippen molar-refractivity contribution in [2.24, 2.45) is 0 Å². The van der Waals surface area contributed by atoms with E-state index in [1.807, 2.05) is 24.3 Å². The van der Waals surface area contributed by atoms with Crippen LogP contribution in [0.15, 0.2) is 36.4 Å². The lowest BCUT2D eigenvalue weighted by Crippen LogP contribution is -2.00. The number of anilines is 1. The highest BCUT2D eigenvalue weighted by Crippen LogP contribution is 2.37. The van der Waals surface area contributed by atoms with Crippen LogP contribution in [-0.4, -0.2) is 11.9 Å². The minimum absolute atomic E-state index is 0.211. The number of nitrogens with one attached hydrogen (secondary N) is 1. The average molecular weight is 369 g/mol. The lowest BCUT2D eigenvalue weighted by atomic mass is 10.1. The average Bonchev–Trinajstić information content (AvgIpc) is 2.83. The molecule has 0 fully saturated rings. The zero-order valence-corrected chi connectivity index (χ0v) is 12.2. The summed E-state index contributed by atoms with van der Waals surface area (Å²) in [7, 11) is 0. The zero-order chi connectivity index (χ0) is 13.2. The Morgan fingerprint density at radius 2 is 1.95 bits per heavy atom. The van der Waals surface area contributed by atoms with Crippen LogP contribution in [0, 0.1) is 3.57 Å². The van der Waals surface area contributed by atoms with E-state index in [4.69, 9.17) is 9.47 Å². The SMILES string of the molecule is Oc1cc2c(cc1CNc1cccc(I)c1)OCO2. The molecule has 0 saturated heterocycles. The van der Waals surface area contributed by atoms with Gasteiger partial charge in [-0.15, -0.1) is 0 Å². The Morgan fingerprint density at radius 3 is 2.74 bits per heavy atom. The summed E-state index contributed by atoms with van der Waals surface area (Å²) < 4.78 is 11.7. The van der Waals surface area contributed by atoms with Crippen molar-refractivity contribution in [2.45, 2.75) is 6.54 Å². The van der Waals surface area contributed by atoms with Crippen molar-refractivity contribution in [3.8, 4) is 17.2 Å². The molecule has 0 bridgehead atoms. The van der Waals surface area contributed by atoms with Crippen LogP contribution in [0.25, 0.3) is 0 Å². The Bertz CT molecular complexity index is 616. The van der Waals surface area contributed by atoms with Crippen molar-refractivity contribution in [3.05, 3.63) is 45.5 Å². The quantitative estimate of drug-likeness (QED) is 0.815. The van der Waals surface area contributed by atoms with Gasteiger partial charge in [-0.25, -0.2) is 0 Å². The fourth-order valence-corrected chi connectivity index (χ4v) is 2.45. The normalized spacial score (nSPS) is 12.5. The maximum atomic E-state index is 9.93. The van der Waals surface area contributed by atoms with Crippen molar-refractivity contribution in [1.82, 2.24) is 0 Å². The first kappa shape index (κ1) is 12.4. The highest BCUT2D eigenvalue weighted by atomic mass is 127. The van der Waals surface area contributed by atoms with Gasteiger partial charge in [-0.2, -0.15) is 0 Å². The first-order chi connectivity index (χ1) is 9.22. The molecule has 0 saturated carbocycles. The molecule has 1 heterocycles. The van der Waals surface area contributed by atoms with Gasteiger partial charge in [-0.1, -0.05) is 6.07 Å². The molecule has 3 rings (SSSR count). The van der Waals surface area contributed by atoms with Gasteiger partial charge >= 0.3 is 0 Å². The second-order valence-electron chi connectivity index (χ2n) is 4.20. The fourth-order valence-electron chi connectivity index (χ4n) is 1.91. The molecule has 1 aliphatic heterocycles. The van der Waals surface area contributed by atoms with Crippen LogP contribution in [0.4, 0.5) is 5.69 Å². The fraction of sp³-hybridized carbons (Fsp3) is 0.143. The van der Waals surface area contributed by atoms with E-state index in [-0.39, 0.29) is 12.5 Å². The minimum Gasteiger partial charge on any atom is -0.507 e. The van der Waals surface area contributed by atoms with E-state index in [9.17, 15) is 5.11 Å². The second-order valence-corrected chi connectivity index (χ2v) is 5.44. The Kier molecular flexibility index (Phi) is 3.37. The van der Waals surface area contributed by atoms with Gasteiger partial charge in [0.15, 0.2) is 11.5 Å². The number of hydrogen-bond acceptors (Lipinski definition) is 4.